The lowest BCUT2D eigenvalue weighted by atomic mass is 10.1. The molecule has 0 bridgehead atoms. The molecule has 0 aromatic heterocycles. The average molecular weight is 283 g/mol. The smallest absolute Gasteiger partial charge is 0.315 e. The number of rotatable bonds is 9. The SMILES string of the molecule is CCN(CCNC(=O)NC(CC(=O)O)C1CC1)C1CC1. The Balaban J connectivity index is 1.64. The van der Waals surface area contributed by atoms with Crippen LogP contribution in [0.3, 0.4) is 0 Å². The van der Waals surface area contributed by atoms with Gasteiger partial charge in [0.15, 0.2) is 0 Å². The Kier molecular flexibility index (Phi) is 5.23. The van der Waals surface area contributed by atoms with E-state index in [1.165, 1.54) is 12.8 Å². The van der Waals surface area contributed by atoms with Gasteiger partial charge in [0.2, 0.25) is 0 Å². The summed E-state index contributed by atoms with van der Waals surface area (Å²) in [4.78, 5) is 24.9. The van der Waals surface area contributed by atoms with Crippen LogP contribution < -0.4 is 10.6 Å². The summed E-state index contributed by atoms with van der Waals surface area (Å²) < 4.78 is 0. The fourth-order valence-corrected chi connectivity index (χ4v) is 2.59. The van der Waals surface area contributed by atoms with Crippen molar-refractivity contribution >= 4 is 12.0 Å². The Morgan fingerprint density at radius 3 is 2.50 bits per heavy atom. The van der Waals surface area contributed by atoms with Crippen LogP contribution in [-0.4, -0.2) is 53.7 Å². The van der Waals surface area contributed by atoms with Crippen molar-refractivity contribution in [2.45, 2.75) is 51.1 Å². The molecule has 2 aliphatic carbocycles. The zero-order valence-corrected chi connectivity index (χ0v) is 12.1. The summed E-state index contributed by atoms with van der Waals surface area (Å²) in [5.74, 6) is -0.511. The molecule has 6 nitrogen and oxygen atoms in total. The number of likely N-dealkylation sites (N-methyl/N-ethyl adjacent to an activating group) is 1. The molecule has 2 aliphatic rings. The van der Waals surface area contributed by atoms with Gasteiger partial charge in [0.05, 0.1) is 6.42 Å². The first-order chi connectivity index (χ1) is 9.60. The van der Waals surface area contributed by atoms with E-state index in [4.69, 9.17) is 5.11 Å². The molecule has 0 aromatic carbocycles. The molecule has 0 aromatic rings. The van der Waals surface area contributed by atoms with Gasteiger partial charge < -0.3 is 15.7 Å². The third-order valence-corrected chi connectivity index (χ3v) is 4.06. The van der Waals surface area contributed by atoms with Gasteiger partial charge >= 0.3 is 12.0 Å². The van der Waals surface area contributed by atoms with Crippen LogP contribution in [0.4, 0.5) is 4.79 Å². The van der Waals surface area contributed by atoms with E-state index in [1.807, 2.05) is 0 Å². The van der Waals surface area contributed by atoms with E-state index in [-0.39, 0.29) is 18.5 Å². The minimum atomic E-state index is -0.854. The summed E-state index contributed by atoms with van der Waals surface area (Å²) in [7, 11) is 0. The van der Waals surface area contributed by atoms with Gasteiger partial charge in [-0.3, -0.25) is 9.69 Å². The van der Waals surface area contributed by atoms with Crippen molar-refractivity contribution < 1.29 is 14.7 Å². The van der Waals surface area contributed by atoms with Crippen LogP contribution >= 0.6 is 0 Å². The minimum Gasteiger partial charge on any atom is -0.481 e. The quantitative estimate of drug-likeness (QED) is 0.590. The molecule has 20 heavy (non-hydrogen) atoms. The summed E-state index contributed by atoms with van der Waals surface area (Å²) in [6, 6.07) is 0.240. The van der Waals surface area contributed by atoms with Gasteiger partial charge in [-0.25, -0.2) is 4.79 Å². The molecule has 2 fully saturated rings. The number of carboxylic acids is 1. The van der Waals surface area contributed by atoms with E-state index >= 15 is 0 Å². The number of amides is 2. The van der Waals surface area contributed by atoms with Gasteiger partial charge in [0.25, 0.3) is 0 Å². The molecule has 3 N–H and O–H groups in total. The zero-order chi connectivity index (χ0) is 14.5. The predicted octanol–water partition coefficient (Wildman–Crippen LogP) is 1.02. The number of hydrogen-bond donors (Lipinski definition) is 3. The monoisotopic (exact) mass is 283 g/mol. The first kappa shape index (κ1) is 15.1. The number of carbonyl (C=O) groups is 2. The van der Waals surface area contributed by atoms with Crippen molar-refractivity contribution in [3.63, 3.8) is 0 Å². The normalized spacial score (nSPS) is 19.7. The van der Waals surface area contributed by atoms with Gasteiger partial charge in [-0.2, -0.15) is 0 Å². The van der Waals surface area contributed by atoms with Gasteiger partial charge in [-0.15, -0.1) is 0 Å². The van der Waals surface area contributed by atoms with Gasteiger partial charge in [-0.05, 0) is 38.1 Å². The number of nitrogens with one attached hydrogen (secondary N) is 2. The maximum atomic E-state index is 11.8. The van der Waals surface area contributed by atoms with Crippen LogP contribution in [0, 0.1) is 5.92 Å². The third kappa shape index (κ3) is 5.00. The number of aliphatic carboxylic acids is 1. The van der Waals surface area contributed by atoms with Gasteiger partial charge in [0, 0.05) is 25.2 Å². The second-order valence-electron chi connectivity index (χ2n) is 5.80. The van der Waals surface area contributed by atoms with Crippen LogP contribution in [0.2, 0.25) is 0 Å². The number of nitrogens with zero attached hydrogens (tertiary/aromatic N) is 1. The van der Waals surface area contributed by atoms with Crippen molar-refractivity contribution in [3.8, 4) is 0 Å². The van der Waals surface area contributed by atoms with E-state index in [1.54, 1.807) is 0 Å². The van der Waals surface area contributed by atoms with Crippen LogP contribution in [0.25, 0.3) is 0 Å². The average Bonchev–Trinajstić information content (AvgIpc) is 3.27. The van der Waals surface area contributed by atoms with E-state index < -0.39 is 5.97 Å². The highest BCUT2D eigenvalue weighted by atomic mass is 16.4. The Labute approximate surface area is 119 Å². The molecular weight excluding hydrogens is 258 g/mol. The Bertz CT molecular complexity index is 354. The van der Waals surface area contributed by atoms with E-state index in [9.17, 15) is 9.59 Å². The lowest BCUT2D eigenvalue weighted by Gasteiger charge is -2.21. The zero-order valence-electron chi connectivity index (χ0n) is 12.1. The van der Waals surface area contributed by atoms with Crippen molar-refractivity contribution in [2.75, 3.05) is 19.6 Å². The van der Waals surface area contributed by atoms with Crippen molar-refractivity contribution in [3.05, 3.63) is 0 Å². The highest BCUT2D eigenvalue weighted by Crippen LogP contribution is 2.34. The largest absolute Gasteiger partial charge is 0.481 e. The number of carboxylic acid groups (broad SMARTS) is 1. The van der Waals surface area contributed by atoms with E-state index in [0.717, 1.165) is 25.9 Å². The standard InChI is InChI=1S/C14H25N3O3/c1-2-17(11-5-6-11)8-7-15-14(20)16-12(9-13(18)19)10-3-4-10/h10-12H,2-9H2,1H3,(H,18,19)(H2,15,16,20). The molecule has 2 rings (SSSR count). The molecule has 0 heterocycles. The first-order valence-electron chi connectivity index (χ1n) is 7.60. The number of urea groups is 1. The second kappa shape index (κ2) is 6.92. The molecule has 1 atom stereocenters. The summed E-state index contributed by atoms with van der Waals surface area (Å²) in [6.45, 7) is 4.62. The van der Waals surface area contributed by atoms with Crippen molar-refractivity contribution in [1.29, 1.82) is 0 Å². The maximum absolute atomic E-state index is 11.8. The molecule has 0 radical (unpaired) electrons. The van der Waals surface area contributed by atoms with Crippen LogP contribution in [0.5, 0.6) is 0 Å². The van der Waals surface area contributed by atoms with Crippen LogP contribution in [-0.2, 0) is 4.79 Å². The summed E-state index contributed by atoms with van der Waals surface area (Å²) >= 11 is 0. The molecular formula is C14H25N3O3. The lowest BCUT2D eigenvalue weighted by Crippen LogP contribution is -2.46. The van der Waals surface area contributed by atoms with Gasteiger partial charge in [-0.1, -0.05) is 6.92 Å². The minimum absolute atomic E-state index is 0.0151. The lowest BCUT2D eigenvalue weighted by molar-refractivity contribution is -0.137. The predicted molar refractivity (Wildman–Crippen MR) is 75.6 cm³/mol. The summed E-state index contributed by atoms with van der Waals surface area (Å²) in [6.07, 6.45) is 4.58. The molecule has 114 valence electrons. The highest BCUT2D eigenvalue weighted by molar-refractivity contribution is 5.75. The van der Waals surface area contributed by atoms with Crippen LogP contribution in [0.15, 0.2) is 0 Å². The van der Waals surface area contributed by atoms with Crippen LogP contribution in [0.1, 0.15) is 39.0 Å². The topological polar surface area (TPSA) is 81.7 Å². The first-order valence-corrected chi connectivity index (χ1v) is 7.60. The number of carbonyl (C=O) groups excluding carboxylic acids is 1. The second-order valence-corrected chi connectivity index (χ2v) is 5.80. The summed E-state index contributed by atoms with van der Waals surface area (Å²) in [5, 5.41) is 14.5. The fraction of sp³-hybridized carbons (Fsp3) is 0.857. The molecule has 0 aliphatic heterocycles. The van der Waals surface area contributed by atoms with Crippen molar-refractivity contribution in [2.24, 2.45) is 5.92 Å². The number of hydrogen-bond acceptors (Lipinski definition) is 3. The summed E-state index contributed by atoms with van der Waals surface area (Å²) in [5.41, 5.74) is 0. The highest BCUT2D eigenvalue weighted by Gasteiger charge is 2.33. The molecule has 0 saturated heterocycles. The Morgan fingerprint density at radius 2 is 2.00 bits per heavy atom. The fourth-order valence-electron chi connectivity index (χ4n) is 2.59. The molecule has 6 heteroatoms. The third-order valence-electron chi connectivity index (χ3n) is 4.06. The van der Waals surface area contributed by atoms with Crippen molar-refractivity contribution in [1.82, 2.24) is 15.5 Å². The van der Waals surface area contributed by atoms with E-state index in [0.29, 0.717) is 18.5 Å². The van der Waals surface area contributed by atoms with Gasteiger partial charge in [0.1, 0.15) is 0 Å². The Morgan fingerprint density at radius 1 is 1.30 bits per heavy atom. The maximum Gasteiger partial charge on any atom is 0.315 e. The molecule has 0 spiro atoms. The molecule has 1 unspecified atom stereocenters. The van der Waals surface area contributed by atoms with E-state index in [2.05, 4.69) is 22.5 Å². The molecule has 2 saturated carbocycles. The Hall–Kier alpha value is -1.30. The molecule has 2 amide bonds.